The molecule has 0 N–H and O–H groups in total. The van der Waals surface area contributed by atoms with Crippen molar-refractivity contribution in [2.75, 3.05) is 0 Å². The minimum atomic E-state index is -0.488. The molecule has 0 bridgehead atoms. The van der Waals surface area contributed by atoms with Gasteiger partial charge in [0, 0.05) is 0 Å². The van der Waals surface area contributed by atoms with Gasteiger partial charge in [-0.05, 0) is 58.2 Å². The van der Waals surface area contributed by atoms with Gasteiger partial charge in [-0.1, -0.05) is 37.3 Å². The molecule has 0 fully saturated rings. The molecule has 106 valence electrons. The molecule has 0 aliphatic rings. The average Bonchev–Trinajstić information content (AvgIpc) is 2.37. The highest BCUT2D eigenvalue weighted by molar-refractivity contribution is 5.62. The number of allylic oxidation sites excluding steroid dienone is 1. The van der Waals surface area contributed by atoms with E-state index in [0.717, 1.165) is 23.1 Å². The molecule has 2 heteroatoms. The lowest BCUT2D eigenvalue weighted by Gasteiger charge is -2.30. The van der Waals surface area contributed by atoms with Crippen LogP contribution < -0.4 is 0 Å². The van der Waals surface area contributed by atoms with Gasteiger partial charge in [0.25, 0.3) is 0 Å². The normalized spacial score (nSPS) is 12.5. The Kier molecular flexibility index (Phi) is 4.94. The van der Waals surface area contributed by atoms with Gasteiger partial charge < -0.3 is 0 Å². The van der Waals surface area contributed by atoms with Crippen LogP contribution in [0.3, 0.4) is 0 Å². The van der Waals surface area contributed by atoms with Crippen LogP contribution in [-0.4, -0.2) is 5.60 Å². The maximum atomic E-state index is 5.68. The van der Waals surface area contributed by atoms with Crippen molar-refractivity contribution in [2.45, 2.75) is 59.2 Å². The van der Waals surface area contributed by atoms with E-state index < -0.39 is 5.60 Å². The van der Waals surface area contributed by atoms with Gasteiger partial charge in [-0.3, -0.25) is 0 Å². The van der Waals surface area contributed by atoms with E-state index in [-0.39, 0.29) is 5.60 Å². The quantitative estimate of drug-likeness (QED) is 0.525. The maximum Gasteiger partial charge on any atom is 0.123 e. The SMILES string of the molecule is C=C(C)c1cccc(C(C)(C)OOC(C)(C)CC)c1. The molecular weight excluding hydrogens is 236 g/mol. The molecule has 0 radical (unpaired) electrons. The van der Waals surface area contributed by atoms with Crippen molar-refractivity contribution < 1.29 is 9.78 Å². The number of hydrogen-bond acceptors (Lipinski definition) is 2. The van der Waals surface area contributed by atoms with Crippen molar-refractivity contribution in [1.29, 1.82) is 0 Å². The van der Waals surface area contributed by atoms with Gasteiger partial charge >= 0.3 is 0 Å². The van der Waals surface area contributed by atoms with Crippen LogP contribution >= 0.6 is 0 Å². The van der Waals surface area contributed by atoms with Gasteiger partial charge in [0.05, 0.1) is 5.60 Å². The molecule has 1 aromatic carbocycles. The second-order valence-corrected chi connectivity index (χ2v) is 6.15. The van der Waals surface area contributed by atoms with E-state index in [2.05, 4.69) is 31.7 Å². The van der Waals surface area contributed by atoms with Gasteiger partial charge in [0.2, 0.25) is 0 Å². The Hall–Kier alpha value is -1.12. The van der Waals surface area contributed by atoms with E-state index in [9.17, 15) is 0 Å². The zero-order chi connectivity index (χ0) is 14.7. The second kappa shape index (κ2) is 5.89. The maximum absolute atomic E-state index is 5.68. The summed E-state index contributed by atoms with van der Waals surface area (Å²) in [6.07, 6.45) is 0.898. The van der Waals surface area contributed by atoms with E-state index >= 15 is 0 Å². The molecular formula is C17H26O2. The predicted octanol–water partition coefficient (Wildman–Crippen LogP) is 5.09. The van der Waals surface area contributed by atoms with Crippen LogP contribution in [0.5, 0.6) is 0 Å². The first kappa shape index (κ1) is 15.9. The summed E-state index contributed by atoms with van der Waals surface area (Å²) in [5.41, 5.74) is 2.50. The van der Waals surface area contributed by atoms with Crippen LogP contribution in [-0.2, 0) is 15.4 Å². The van der Waals surface area contributed by atoms with Crippen LogP contribution in [0.25, 0.3) is 5.57 Å². The van der Waals surface area contributed by atoms with Crippen LogP contribution in [0.15, 0.2) is 30.8 Å². The lowest BCUT2D eigenvalue weighted by Crippen LogP contribution is -2.30. The molecule has 0 aromatic heterocycles. The van der Waals surface area contributed by atoms with Crippen LogP contribution in [0.4, 0.5) is 0 Å². The highest BCUT2D eigenvalue weighted by Crippen LogP contribution is 2.29. The molecule has 1 aromatic rings. The highest BCUT2D eigenvalue weighted by Gasteiger charge is 2.27. The van der Waals surface area contributed by atoms with E-state index in [0.29, 0.717) is 0 Å². The first-order chi connectivity index (χ1) is 8.68. The van der Waals surface area contributed by atoms with Gasteiger partial charge in [-0.15, -0.1) is 0 Å². The molecule has 0 aliphatic heterocycles. The first-order valence-electron chi connectivity index (χ1n) is 6.81. The smallest absolute Gasteiger partial charge is 0.123 e. The molecule has 0 aliphatic carbocycles. The third kappa shape index (κ3) is 4.48. The second-order valence-electron chi connectivity index (χ2n) is 6.15. The van der Waals surface area contributed by atoms with Gasteiger partial charge in [0.1, 0.15) is 5.60 Å². The zero-order valence-electron chi connectivity index (χ0n) is 13.0. The van der Waals surface area contributed by atoms with Crippen LogP contribution in [0, 0.1) is 0 Å². The summed E-state index contributed by atoms with van der Waals surface area (Å²) < 4.78 is 0. The molecule has 1 rings (SSSR count). The van der Waals surface area contributed by atoms with Crippen molar-refractivity contribution in [2.24, 2.45) is 0 Å². The van der Waals surface area contributed by atoms with E-state index in [1.807, 2.05) is 40.7 Å². The van der Waals surface area contributed by atoms with Crippen molar-refractivity contribution in [3.05, 3.63) is 42.0 Å². The van der Waals surface area contributed by atoms with Gasteiger partial charge in [0.15, 0.2) is 0 Å². The third-order valence-corrected chi connectivity index (χ3v) is 3.38. The number of rotatable bonds is 6. The van der Waals surface area contributed by atoms with E-state index in [1.165, 1.54) is 0 Å². The minimum Gasteiger partial charge on any atom is -0.230 e. The topological polar surface area (TPSA) is 18.5 Å². The van der Waals surface area contributed by atoms with Crippen LogP contribution in [0.2, 0.25) is 0 Å². The molecule has 0 unspecified atom stereocenters. The largest absolute Gasteiger partial charge is 0.230 e. The minimum absolute atomic E-state index is 0.275. The predicted molar refractivity (Wildman–Crippen MR) is 80.7 cm³/mol. The number of hydrogen-bond donors (Lipinski definition) is 0. The molecule has 2 nitrogen and oxygen atoms in total. The van der Waals surface area contributed by atoms with Gasteiger partial charge in [-0.25, -0.2) is 9.78 Å². The average molecular weight is 262 g/mol. The molecule has 0 saturated heterocycles. The van der Waals surface area contributed by atoms with E-state index in [1.54, 1.807) is 0 Å². The molecule has 0 amide bonds. The van der Waals surface area contributed by atoms with Crippen molar-refractivity contribution in [1.82, 2.24) is 0 Å². The summed E-state index contributed by atoms with van der Waals surface area (Å²) in [6, 6.07) is 8.23. The van der Waals surface area contributed by atoms with Gasteiger partial charge in [-0.2, -0.15) is 0 Å². The van der Waals surface area contributed by atoms with Crippen molar-refractivity contribution in [3.8, 4) is 0 Å². The molecule has 0 heterocycles. The Balaban J connectivity index is 2.88. The number of benzene rings is 1. The summed E-state index contributed by atoms with van der Waals surface area (Å²) in [4.78, 5) is 11.3. The fraction of sp³-hybridized carbons (Fsp3) is 0.529. The zero-order valence-corrected chi connectivity index (χ0v) is 13.0. The molecule has 0 atom stereocenters. The lowest BCUT2D eigenvalue weighted by molar-refractivity contribution is -0.405. The highest BCUT2D eigenvalue weighted by atomic mass is 17.2. The third-order valence-electron chi connectivity index (χ3n) is 3.38. The Labute approximate surface area is 117 Å². The molecule has 0 saturated carbocycles. The Morgan fingerprint density at radius 1 is 1.16 bits per heavy atom. The monoisotopic (exact) mass is 262 g/mol. The molecule has 19 heavy (non-hydrogen) atoms. The Bertz CT molecular complexity index is 444. The standard InChI is InChI=1S/C17H26O2/c1-8-16(4,5)18-19-17(6,7)15-11-9-10-14(12-15)13(2)3/h9-12H,2,8H2,1,3-7H3. The summed E-state index contributed by atoms with van der Waals surface area (Å²) in [5, 5.41) is 0. The Morgan fingerprint density at radius 2 is 1.79 bits per heavy atom. The molecule has 0 spiro atoms. The fourth-order valence-electron chi connectivity index (χ4n) is 1.48. The summed E-state index contributed by atoms with van der Waals surface area (Å²) in [7, 11) is 0. The Morgan fingerprint density at radius 3 is 2.32 bits per heavy atom. The first-order valence-corrected chi connectivity index (χ1v) is 6.81. The lowest BCUT2D eigenvalue weighted by atomic mass is 9.95. The van der Waals surface area contributed by atoms with Crippen molar-refractivity contribution in [3.63, 3.8) is 0 Å². The van der Waals surface area contributed by atoms with Crippen LogP contribution in [0.1, 0.15) is 59.1 Å². The van der Waals surface area contributed by atoms with Crippen molar-refractivity contribution >= 4 is 5.57 Å². The summed E-state index contributed by atoms with van der Waals surface area (Å²) >= 11 is 0. The fourth-order valence-corrected chi connectivity index (χ4v) is 1.48. The summed E-state index contributed by atoms with van der Waals surface area (Å²) in [5.74, 6) is 0. The van der Waals surface area contributed by atoms with E-state index in [4.69, 9.17) is 9.78 Å². The summed E-state index contributed by atoms with van der Waals surface area (Å²) in [6.45, 7) is 16.1.